The molecule has 1 amide bonds. The van der Waals surface area contributed by atoms with Gasteiger partial charge in [0.15, 0.2) is 5.65 Å². The number of aromatic nitrogens is 4. The molecule has 1 N–H and O–H groups in total. The normalized spacial score (nSPS) is 14.1. The number of aromatic amines is 1. The van der Waals surface area contributed by atoms with Gasteiger partial charge in [-0.05, 0) is 49.2 Å². The summed E-state index contributed by atoms with van der Waals surface area (Å²) in [5.74, 6) is -0.0432. The Balaban J connectivity index is 1.30. The Bertz CT molecular complexity index is 1660. The van der Waals surface area contributed by atoms with Crippen molar-refractivity contribution < 1.29 is 4.79 Å². The number of carbonyl (C=O) groups is 1. The van der Waals surface area contributed by atoms with E-state index >= 15 is 0 Å². The zero-order valence-corrected chi connectivity index (χ0v) is 20.2. The van der Waals surface area contributed by atoms with E-state index < -0.39 is 0 Å². The molecule has 3 aromatic carbocycles. The lowest BCUT2D eigenvalue weighted by molar-refractivity contribution is 0.0747. The SMILES string of the molecule is Cc1ccc(C)c(N2CCN(C(=O)c3ccc4c(=O)nc5c(-c6ccccc6)n[nH]n5c4c3)CC2)c1. The van der Waals surface area contributed by atoms with E-state index in [2.05, 4.69) is 52.2 Å². The fourth-order valence-electron chi connectivity index (χ4n) is 4.94. The summed E-state index contributed by atoms with van der Waals surface area (Å²) in [6.45, 7) is 7.05. The molecule has 180 valence electrons. The molecule has 0 aliphatic carbocycles. The molecule has 0 unspecified atom stereocenters. The number of benzene rings is 3. The van der Waals surface area contributed by atoms with E-state index in [0.29, 0.717) is 40.9 Å². The molecule has 1 aliphatic rings. The molecule has 36 heavy (non-hydrogen) atoms. The molecule has 0 radical (unpaired) electrons. The van der Waals surface area contributed by atoms with Crippen LogP contribution in [0.4, 0.5) is 5.69 Å². The summed E-state index contributed by atoms with van der Waals surface area (Å²) < 4.78 is 1.67. The van der Waals surface area contributed by atoms with Gasteiger partial charge in [-0.1, -0.05) is 42.5 Å². The Kier molecular flexibility index (Phi) is 5.29. The minimum absolute atomic E-state index is 0.0432. The van der Waals surface area contributed by atoms with Crippen molar-refractivity contribution >= 4 is 28.1 Å². The molecule has 0 bridgehead atoms. The molecule has 8 heteroatoms. The average Bonchev–Trinajstić information content (AvgIpc) is 3.34. The second-order valence-corrected chi connectivity index (χ2v) is 9.30. The number of aryl methyl sites for hydroxylation is 2. The molecule has 0 atom stereocenters. The van der Waals surface area contributed by atoms with Gasteiger partial charge in [0.2, 0.25) is 0 Å². The molecule has 1 fully saturated rings. The second kappa shape index (κ2) is 8.64. The lowest BCUT2D eigenvalue weighted by atomic mass is 10.1. The molecule has 1 aliphatic heterocycles. The maximum atomic E-state index is 13.4. The van der Waals surface area contributed by atoms with Crippen molar-refractivity contribution in [2.45, 2.75) is 13.8 Å². The van der Waals surface area contributed by atoms with Crippen LogP contribution in [0.15, 0.2) is 71.5 Å². The Labute approximate surface area is 207 Å². The summed E-state index contributed by atoms with van der Waals surface area (Å²) in [6.07, 6.45) is 0. The zero-order chi connectivity index (χ0) is 24.8. The van der Waals surface area contributed by atoms with Crippen LogP contribution >= 0.6 is 0 Å². The summed E-state index contributed by atoms with van der Waals surface area (Å²) in [4.78, 5) is 34.7. The van der Waals surface area contributed by atoms with E-state index in [-0.39, 0.29) is 11.5 Å². The zero-order valence-electron chi connectivity index (χ0n) is 20.2. The molecule has 0 spiro atoms. The fraction of sp³-hybridized carbons (Fsp3) is 0.214. The van der Waals surface area contributed by atoms with Crippen LogP contribution < -0.4 is 10.5 Å². The molecular weight excluding hydrogens is 452 g/mol. The van der Waals surface area contributed by atoms with Crippen molar-refractivity contribution in [2.24, 2.45) is 0 Å². The first-order chi connectivity index (χ1) is 17.5. The predicted octanol–water partition coefficient (Wildman–Crippen LogP) is 3.82. The Morgan fingerprint density at radius 1 is 0.917 bits per heavy atom. The van der Waals surface area contributed by atoms with Crippen molar-refractivity contribution in [3.8, 4) is 11.3 Å². The topological polar surface area (TPSA) is 86.6 Å². The Morgan fingerprint density at radius 2 is 1.69 bits per heavy atom. The Morgan fingerprint density at radius 3 is 2.47 bits per heavy atom. The molecule has 3 heterocycles. The minimum atomic E-state index is -0.343. The van der Waals surface area contributed by atoms with E-state index in [1.54, 1.807) is 22.7 Å². The van der Waals surface area contributed by atoms with Gasteiger partial charge in [0, 0.05) is 43.0 Å². The summed E-state index contributed by atoms with van der Waals surface area (Å²) in [5.41, 5.74) is 6.37. The molecule has 0 saturated carbocycles. The molecule has 8 nitrogen and oxygen atoms in total. The largest absolute Gasteiger partial charge is 0.368 e. The average molecular weight is 479 g/mol. The highest BCUT2D eigenvalue weighted by molar-refractivity contribution is 5.98. The second-order valence-electron chi connectivity index (χ2n) is 9.30. The number of rotatable bonds is 3. The van der Waals surface area contributed by atoms with Crippen LogP contribution in [0, 0.1) is 13.8 Å². The van der Waals surface area contributed by atoms with Crippen molar-refractivity contribution in [3.63, 3.8) is 0 Å². The van der Waals surface area contributed by atoms with Gasteiger partial charge in [-0.15, -0.1) is 0 Å². The van der Waals surface area contributed by atoms with Gasteiger partial charge in [-0.25, -0.2) is 9.73 Å². The highest BCUT2D eigenvalue weighted by Crippen LogP contribution is 2.25. The van der Waals surface area contributed by atoms with Gasteiger partial charge < -0.3 is 9.80 Å². The number of hydrogen-bond donors (Lipinski definition) is 1. The molecule has 6 rings (SSSR count). The van der Waals surface area contributed by atoms with Crippen LogP contribution in [0.25, 0.3) is 27.8 Å². The predicted molar refractivity (Wildman–Crippen MR) is 141 cm³/mol. The molecular formula is C28H26N6O2. The number of amides is 1. The van der Waals surface area contributed by atoms with E-state index in [9.17, 15) is 9.59 Å². The third-order valence-electron chi connectivity index (χ3n) is 6.93. The highest BCUT2D eigenvalue weighted by Gasteiger charge is 2.24. The van der Waals surface area contributed by atoms with Gasteiger partial charge in [0.25, 0.3) is 11.5 Å². The number of anilines is 1. The maximum Gasteiger partial charge on any atom is 0.281 e. The first kappa shape index (κ1) is 22.0. The van der Waals surface area contributed by atoms with Gasteiger partial charge in [0.1, 0.15) is 5.69 Å². The maximum absolute atomic E-state index is 13.4. The van der Waals surface area contributed by atoms with Crippen LogP contribution in [0.1, 0.15) is 21.5 Å². The Hall–Kier alpha value is -4.46. The van der Waals surface area contributed by atoms with Crippen LogP contribution in [0.5, 0.6) is 0 Å². The third-order valence-corrected chi connectivity index (χ3v) is 6.93. The highest BCUT2D eigenvalue weighted by atomic mass is 16.2. The first-order valence-electron chi connectivity index (χ1n) is 12.1. The monoisotopic (exact) mass is 478 g/mol. The van der Waals surface area contributed by atoms with E-state index in [1.807, 2.05) is 35.2 Å². The van der Waals surface area contributed by atoms with Crippen molar-refractivity contribution in [2.75, 3.05) is 31.1 Å². The molecule has 1 saturated heterocycles. The number of hydrogen-bond acceptors (Lipinski definition) is 5. The smallest absolute Gasteiger partial charge is 0.281 e. The summed E-state index contributed by atoms with van der Waals surface area (Å²) >= 11 is 0. The first-order valence-corrected chi connectivity index (χ1v) is 12.1. The third kappa shape index (κ3) is 3.71. The van der Waals surface area contributed by atoms with Crippen LogP contribution in [0.2, 0.25) is 0 Å². The quantitative estimate of drug-likeness (QED) is 0.426. The number of piperazine rings is 1. The lowest BCUT2D eigenvalue weighted by Gasteiger charge is -2.37. The van der Waals surface area contributed by atoms with E-state index in [4.69, 9.17) is 0 Å². The van der Waals surface area contributed by atoms with Crippen LogP contribution in [-0.4, -0.2) is 56.8 Å². The van der Waals surface area contributed by atoms with Gasteiger partial charge in [-0.3, -0.25) is 9.59 Å². The number of nitrogens with one attached hydrogen (secondary N) is 1. The fourth-order valence-corrected chi connectivity index (χ4v) is 4.94. The van der Waals surface area contributed by atoms with Crippen LogP contribution in [0.3, 0.4) is 0 Å². The number of nitrogens with zero attached hydrogens (tertiary/aromatic N) is 5. The summed E-state index contributed by atoms with van der Waals surface area (Å²) in [5, 5.41) is 7.81. The molecule has 2 aromatic heterocycles. The van der Waals surface area contributed by atoms with Crippen molar-refractivity contribution in [1.82, 2.24) is 24.7 Å². The van der Waals surface area contributed by atoms with Crippen molar-refractivity contribution in [3.05, 3.63) is 93.8 Å². The van der Waals surface area contributed by atoms with Crippen molar-refractivity contribution in [1.29, 1.82) is 0 Å². The van der Waals surface area contributed by atoms with E-state index in [0.717, 1.165) is 18.7 Å². The van der Waals surface area contributed by atoms with Gasteiger partial charge >= 0.3 is 0 Å². The number of H-pyrrole nitrogens is 1. The minimum Gasteiger partial charge on any atom is -0.368 e. The van der Waals surface area contributed by atoms with Crippen LogP contribution in [-0.2, 0) is 0 Å². The van der Waals surface area contributed by atoms with Gasteiger partial charge in [-0.2, -0.15) is 10.1 Å². The lowest BCUT2D eigenvalue weighted by Crippen LogP contribution is -2.49. The number of carbonyl (C=O) groups excluding carboxylic acids is 1. The van der Waals surface area contributed by atoms with E-state index in [1.165, 1.54) is 16.8 Å². The summed E-state index contributed by atoms with van der Waals surface area (Å²) in [7, 11) is 0. The molecule has 5 aromatic rings. The summed E-state index contributed by atoms with van der Waals surface area (Å²) in [6, 6.07) is 21.2. The number of fused-ring (bicyclic) bond motifs is 3. The van der Waals surface area contributed by atoms with Gasteiger partial charge in [0.05, 0.1) is 10.9 Å². The standard InChI is InChI=1S/C28H26N6O2/c1-18-8-9-19(2)23(16-18)32-12-14-33(15-13-32)28(36)21-10-11-22-24(17-21)34-26(29-27(22)35)25(30-31-34)20-6-4-3-5-7-20/h3-11,16-17,31H,12-15H2,1-2H3.